The summed E-state index contributed by atoms with van der Waals surface area (Å²) in [5.41, 5.74) is 1.07. The average molecular weight is 379 g/mol. The van der Waals surface area contributed by atoms with Crippen molar-refractivity contribution in [3.8, 4) is 0 Å². The summed E-state index contributed by atoms with van der Waals surface area (Å²) in [7, 11) is 0. The lowest BCUT2D eigenvalue weighted by Crippen LogP contribution is -2.44. The molecule has 5 N–H and O–H groups in total. The average Bonchev–Trinajstić information content (AvgIpc) is 2.63. The van der Waals surface area contributed by atoms with E-state index in [2.05, 4.69) is 5.32 Å². The van der Waals surface area contributed by atoms with Crippen LogP contribution in [0.3, 0.4) is 0 Å². The number of anilines is 1. The third-order valence-corrected chi connectivity index (χ3v) is 4.05. The molecule has 0 saturated carbocycles. The van der Waals surface area contributed by atoms with Crippen molar-refractivity contribution in [2.45, 2.75) is 38.4 Å². The molecule has 0 aliphatic carbocycles. The molecule has 27 heavy (non-hydrogen) atoms. The maximum atomic E-state index is 11.7. The molecule has 0 aliphatic rings. The van der Waals surface area contributed by atoms with Crippen molar-refractivity contribution in [1.82, 2.24) is 0 Å². The first-order chi connectivity index (χ1) is 12.9. The van der Waals surface area contributed by atoms with E-state index >= 15 is 0 Å². The number of allylic oxidation sites excluding steroid dienone is 1. The highest BCUT2D eigenvalue weighted by molar-refractivity contribution is 5.88. The zero-order chi connectivity index (χ0) is 20.0. The number of rotatable bonds is 9. The summed E-state index contributed by atoms with van der Waals surface area (Å²) in [6, 6.07) is 5.51. The molecule has 1 aromatic heterocycles. The summed E-state index contributed by atoms with van der Waals surface area (Å²) in [6.07, 6.45) is 0.137. The van der Waals surface area contributed by atoms with Gasteiger partial charge < -0.3 is 34.9 Å². The van der Waals surface area contributed by atoms with E-state index in [1.54, 1.807) is 24.3 Å². The van der Waals surface area contributed by atoms with E-state index < -0.39 is 43.4 Å². The van der Waals surface area contributed by atoms with Crippen molar-refractivity contribution in [3.05, 3.63) is 46.3 Å². The van der Waals surface area contributed by atoms with E-state index in [9.17, 15) is 25.2 Å². The van der Waals surface area contributed by atoms with Crippen LogP contribution in [0.2, 0.25) is 0 Å². The second kappa shape index (κ2) is 9.63. The number of fused-ring (bicyclic) bond motifs is 1. The number of nitrogens with one attached hydrogen (secondary N) is 1. The maximum absolute atomic E-state index is 11.7. The molecule has 0 spiro atoms. The molecule has 8 nitrogen and oxygen atoms in total. The van der Waals surface area contributed by atoms with Crippen LogP contribution >= 0.6 is 0 Å². The molecular weight excluding hydrogens is 354 g/mol. The van der Waals surface area contributed by atoms with Gasteiger partial charge in [0, 0.05) is 23.2 Å². The van der Waals surface area contributed by atoms with Crippen molar-refractivity contribution < 1.29 is 29.6 Å². The Kier molecular flexibility index (Phi) is 7.52. The monoisotopic (exact) mass is 379 g/mol. The molecule has 1 heterocycles. The fourth-order valence-corrected chi connectivity index (χ4v) is 2.60. The van der Waals surface area contributed by atoms with Gasteiger partial charge in [0.15, 0.2) is 6.29 Å². The number of aliphatic hydroxyl groups excluding tert-OH is 4. The molecule has 2 rings (SSSR count). The normalized spacial score (nSPS) is 16.4. The Bertz CT molecular complexity index is 830. The number of benzene rings is 1. The molecule has 8 heteroatoms. The predicted octanol–water partition coefficient (Wildman–Crippen LogP) is 0.676. The van der Waals surface area contributed by atoms with Gasteiger partial charge in [-0.3, -0.25) is 0 Å². The van der Waals surface area contributed by atoms with E-state index in [1.165, 1.54) is 13.0 Å². The molecule has 0 fully saturated rings. The van der Waals surface area contributed by atoms with Gasteiger partial charge in [-0.15, -0.1) is 0 Å². The zero-order valence-electron chi connectivity index (χ0n) is 15.2. The molecule has 0 bridgehead atoms. The molecule has 0 amide bonds. The number of hydrogen-bond donors (Lipinski definition) is 5. The van der Waals surface area contributed by atoms with Crippen LogP contribution in [0, 0.1) is 0 Å². The van der Waals surface area contributed by atoms with Gasteiger partial charge in [0.25, 0.3) is 0 Å². The van der Waals surface area contributed by atoms with Crippen LogP contribution in [-0.2, 0) is 4.74 Å². The second-order valence-corrected chi connectivity index (χ2v) is 6.15. The van der Waals surface area contributed by atoms with Gasteiger partial charge in [0.1, 0.15) is 17.7 Å². The van der Waals surface area contributed by atoms with Crippen molar-refractivity contribution >= 4 is 22.7 Å². The minimum Gasteiger partial charge on any atom is -0.423 e. The summed E-state index contributed by atoms with van der Waals surface area (Å²) in [6.45, 7) is 2.31. The predicted molar refractivity (Wildman–Crippen MR) is 101 cm³/mol. The van der Waals surface area contributed by atoms with E-state index in [4.69, 9.17) is 9.15 Å². The molecule has 148 valence electrons. The van der Waals surface area contributed by atoms with Gasteiger partial charge in [0.2, 0.25) is 0 Å². The molecule has 2 aromatic rings. The summed E-state index contributed by atoms with van der Waals surface area (Å²) >= 11 is 0. The SMILES string of the molecule is C/C=C/c1cc(=O)oc2cc(N[C@@H](CO)C(O)OC(CO)[C@H](C)O)ccc12. The lowest BCUT2D eigenvalue weighted by Gasteiger charge is -2.28. The van der Waals surface area contributed by atoms with Crippen LogP contribution in [0.4, 0.5) is 5.69 Å². The molecule has 0 radical (unpaired) electrons. The first kappa shape index (κ1) is 21.1. The van der Waals surface area contributed by atoms with Crippen molar-refractivity contribution in [1.29, 1.82) is 0 Å². The van der Waals surface area contributed by atoms with Gasteiger partial charge >= 0.3 is 5.63 Å². The topological polar surface area (TPSA) is 132 Å². The van der Waals surface area contributed by atoms with Crippen molar-refractivity contribution in [2.75, 3.05) is 18.5 Å². The molecule has 1 aromatic carbocycles. The third kappa shape index (κ3) is 5.38. The Balaban J connectivity index is 2.24. The Morgan fingerprint density at radius 3 is 2.56 bits per heavy atom. The quantitative estimate of drug-likeness (QED) is 0.317. The highest BCUT2D eigenvalue weighted by Crippen LogP contribution is 2.23. The van der Waals surface area contributed by atoms with E-state index in [0.29, 0.717) is 11.3 Å². The fourth-order valence-electron chi connectivity index (χ4n) is 2.60. The molecule has 4 atom stereocenters. The standard InChI is InChI=1S/C19H25NO7/c1-3-4-12-7-18(24)26-16-8-13(5-6-14(12)16)20-15(9-21)19(25)27-17(10-22)11(2)23/h3-8,11,15,17,19-23,25H,9-10H2,1-2H3/b4-3+/t11-,15-,17?,19?/m0/s1. The summed E-state index contributed by atoms with van der Waals surface area (Å²) in [4.78, 5) is 11.7. The molecule has 0 saturated heterocycles. The Morgan fingerprint density at radius 2 is 1.96 bits per heavy atom. The van der Waals surface area contributed by atoms with Crippen molar-refractivity contribution in [3.63, 3.8) is 0 Å². The van der Waals surface area contributed by atoms with E-state index in [0.717, 1.165) is 10.9 Å². The van der Waals surface area contributed by atoms with Crippen LogP contribution in [0.1, 0.15) is 19.4 Å². The summed E-state index contributed by atoms with van der Waals surface area (Å²) < 4.78 is 10.4. The highest BCUT2D eigenvalue weighted by Gasteiger charge is 2.25. The third-order valence-electron chi connectivity index (χ3n) is 4.05. The Labute approximate surface area is 156 Å². The minimum atomic E-state index is -1.49. The van der Waals surface area contributed by atoms with Gasteiger partial charge in [-0.2, -0.15) is 0 Å². The molecule has 2 unspecified atom stereocenters. The van der Waals surface area contributed by atoms with Gasteiger partial charge in [-0.1, -0.05) is 12.2 Å². The van der Waals surface area contributed by atoms with Crippen LogP contribution in [0.15, 0.2) is 39.6 Å². The second-order valence-electron chi connectivity index (χ2n) is 6.15. The first-order valence-corrected chi connectivity index (χ1v) is 8.60. The largest absolute Gasteiger partial charge is 0.423 e. The summed E-state index contributed by atoms with van der Waals surface area (Å²) in [5, 5.41) is 42.0. The van der Waals surface area contributed by atoms with Crippen molar-refractivity contribution in [2.24, 2.45) is 0 Å². The van der Waals surface area contributed by atoms with Gasteiger partial charge in [-0.05, 0) is 31.5 Å². The zero-order valence-corrected chi connectivity index (χ0v) is 15.2. The lowest BCUT2D eigenvalue weighted by atomic mass is 10.1. The van der Waals surface area contributed by atoms with E-state index in [-0.39, 0.29) is 0 Å². The Hall–Kier alpha value is -2.23. The summed E-state index contributed by atoms with van der Waals surface area (Å²) in [5.74, 6) is 0. The van der Waals surface area contributed by atoms with Crippen LogP contribution < -0.4 is 10.9 Å². The smallest absolute Gasteiger partial charge is 0.336 e. The minimum absolute atomic E-state index is 0.352. The number of ether oxygens (including phenoxy) is 1. The van der Waals surface area contributed by atoms with Crippen LogP contribution in [-0.4, -0.2) is 58.2 Å². The van der Waals surface area contributed by atoms with E-state index in [1.807, 2.05) is 13.0 Å². The number of hydrogen-bond acceptors (Lipinski definition) is 8. The van der Waals surface area contributed by atoms with Crippen LogP contribution in [0.25, 0.3) is 17.0 Å². The highest BCUT2D eigenvalue weighted by atomic mass is 16.6. The van der Waals surface area contributed by atoms with Gasteiger partial charge in [-0.25, -0.2) is 4.79 Å². The van der Waals surface area contributed by atoms with Gasteiger partial charge in [0.05, 0.1) is 19.3 Å². The molecule has 0 aliphatic heterocycles. The Morgan fingerprint density at radius 1 is 1.22 bits per heavy atom. The fraction of sp³-hybridized carbons (Fsp3) is 0.421. The van der Waals surface area contributed by atoms with Crippen LogP contribution in [0.5, 0.6) is 0 Å². The maximum Gasteiger partial charge on any atom is 0.336 e. The lowest BCUT2D eigenvalue weighted by molar-refractivity contribution is -0.182. The number of aliphatic hydroxyl groups is 4. The first-order valence-electron chi connectivity index (χ1n) is 8.60. The molecular formula is C19H25NO7.